The summed E-state index contributed by atoms with van der Waals surface area (Å²) in [4.78, 5) is 0. The highest BCUT2D eigenvalue weighted by Crippen LogP contribution is 2.40. The van der Waals surface area contributed by atoms with Gasteiger partial charge < -0.3 is 9.47 Å². The largest absolute Gasteiger partial charge is 0.497 e. The van der Waals surface area contributed by atoms with Crippen molar-refractivity contribution in [2.24, 2.45) is 5.41 Å². The average molecular weight is 407 g/mol. The van der Waals surface area contributed by atoms with Crippen LogP contribution < -0.4 is 4.74 Å². The molecular weight excluding hydrogens is 368 g/mol. The molecule has 0 fully saturated rings. The van der Waals surface area contributed by atoms with E-state index in [1.807, 2.05) is 24.3 Å². The molecule has 1 aromatic rings. The molecule has 1 aliphatic rings. The molecule has 162 valence electrons. The minimum absolute atomic E-state index is 0.291. The average Bonchev–Trinajstić information content (AvgIpc) is 2.70. The van der Waals surface area contributed by atoms with Crippen molar-refractivity contribution in [1.29, 1.82) is 0 Å². The Kier molecular flexibility index (Phi) is 9.39. The fourth-order valence-electron chi connectivity index (χ4n) is 3.83. The first-order chi connectivity index (χ1) is 14.3. The van der Waals surface area contributed by atoms with Crippen molar-refractivity contribution in [1.82, 2.24) is 0 Å². The van der Waals surface area contributed by atoms with Crippen LogP contribution in [-0.2, 0) is 11.3 Å². The first-order valence-electron chi connectivity index (χ1n) is 10.9. The van der Waals surface area contributed by atoms with Crippen LogP contribution in [0, 0.1) is 5.41 Å². The zero-order valence-electron chi connectivity index (χ0n) is 19.6. The molecule has 0 radical (unpaired) electrons. The van der Waals surface area contributed by atoms with E-state index < -0.39 is 0 Å². The molecular formula is C28H38O2. The van der Waals surface area contributed by atoms with Gasteiger partial charge in [0.15, 0.2) is 0 Å². The number of ether oxygens (including phenoxy) is 2. The van der Waals surface area contributed by atoms with E-state index in [1.165, 1.54) is 36.0 Å². The lowest BCUT2D eigenvalue weighted by Gasteiger charge is -2.32. The molecule has 1 aromatic carbocycles. The van der Waals surface area contributed by atoms with Gasteiger partial charge in [-0.15, -0.1) is 0 Å². The van der Waals surface area contributed by atoms with Crippen molar-refractivity contribution in [2.75, 3.05) is 13.7 Å². The summed E-state index contributed by atoms with van der Waals surface area (Å²) in [6, 6.07) is 7.98. The predicted molar refractivity (Wildman–Crippen MR) is 129 cm³/mol. The van der Waals surface area contributed by atoms with Gasteiger partial charge >= 0.3 is 0 Å². The van der Waals surface area contributed by atoms with Gasteiger partial charge in [0.05, 0.1) is 20.3 Å². The van der Waals surface area contributed by atoms with Gasteiger partial charge in [0.25, 0.3) is 0 Å². The lowest BCUT2D eigenvalue weighted by atomic mass is 9.72. The highest BCUT2D eigenvalue weighted by molar-refractivity contribution is 5.37. The zero-order chi connectivity index (χ0) is 22.0. The van der Waals surface area contributed by atoms with E-state index in [4.69, 9.17) is 9.47 Å². The number of benzene rings is 1. The molecule has 2 rings (SSSR count). The molecule has 0 N–H and O–H groups in total. The Morgan fingerprint density at radius 3 is 2.67 bits per heavy atom. The summed E-state index contributed by atoms with van der Waals surface area (Å²) in [5.74, 6) is 0.862. The van der Waals surface area contributed by atoms with Gasteiger partial charge in [-0.1, -0.05) is 79.2 Å². The zero-order valence-corrected chi connectivity index (χ0v) is 19.6. The Morgan fingerprint density at radius 1 is 1.13 bits per heavy atom. The van der Waals surface area contributed by atoms with Crippen LogP contribution in [0.15, 0.2) is 83.0 Å². The fraction of sp³-hybridized carbons (Fsp3) is 0.429. The number of rotatable bonds is 9. The van der Waals surface area contributed by atoms with E-state index in [0.29, 0.717) is 18.6 Å². The lowest BCUT2D eigenvalue weighted by Crippen LogP contribution is -2.19. The molecule has 0 heterocycles. The maximum atomic E-state index is 5.76. The maximum absolute atomic E-state index is 5.76. The van der Waals surface area contributed by atoms with Crippen molar-refractivity contribution in [3.05, 3.63) is 88.6 Å². The highest BCUT2D eigenvalue weighted by Gasteiger charge is 2.26. The summed E-state index contributed by atoms with van der Waals surface area (Å²) in [5, 5.41) is 0. The van der Waals surface area contributed by atoms with Crippen LogP contribution in [0.25, 0.3) is 0 Å². The van der Waals surface area contributed by atoms with Gasteiger partial charge in [0.2, 0.25) is 0 Å². The third-order valence-electron chi connectivity index (χ3n) is 5.70. The van der Waals surface area contributed by atoms with Gasteiger partial charge in [-0.05, 0) is 68.7 Å². The second-order valence-corrected chi connectivity index (χ2v) is 8.85. The fourth-order valence-corrected chi connectivity index (χ4v) is 3.83. The van der Waals surface area contributed by atoms with E-state index >= 15 is 0 Å². The molecule has 0 aliphatic heterocycles. The molecule has 0 saturated carbocycles. The number of allylic oxidation sites excluding steroid dienone is 9. The van der Waals surface area contributed by atoms with Gasteiger partial charge in [0, 0.05) is 0 Å². The first-order valence-corrected chi connectivity index (χ1v) is 10.9. The smallest absolute Gasteiger partial charge is 0.119 e. The summed E-state index contributed by atoms with van der Waals surface area (Å²) >= 11 is 0. The third-order valence-corrected chi connectivity index (χ3v) is 5.70. The summed E-state index contributed by atoms with van der Waals surface area (Å²) in [6.07, 6.45) is 16.9. The Bertz CT molecular complexity index is 847. The molecule has 0 amide bonds. The van der Waals surface area contributed by atoms with Crippen LogP contribution in [0.4, 0.5) is 0 Å². The second kappa shape index (κ2) is 11.8. The molecule has 0 unspecified atom stereocenters. The van der Waals surface area contributed by atoms with Crippen LogP contribution in [0.3, 0.4) is 0 Å². The van der Waals surface area contributed by atoms with Gasteiger partial charge in [-0.2, -0.15) is 0 Å². The topological polar surface area (TPSA) is 18.5 Å². The predicted octanol–water partition coefficient (Wildman–Crippen LogP) is 7.74. The molecule has 30 heavy (non-hydrogen) atoms. The summed E-state index contributed by atoms with van der Waals surface area (Å²) in [5.41, 5.74) is 6.91. The van der Waals surface area contributed by atoms with Gasteiger partial charge in [-0.3, -0.25) is 0 Å². The van der Waals surface area contributed by atoms with Gasteiger partial charge in [0.1, 0.15) is 5.75 Å². The number of hydrogen-bond acceptors (Lipinski definition) is 2. The van der Waals surface area contributed by atoms with E-state index in [-0.39, 0.29) is 0 Å². The van der Waals surface area contributed by atoms with Crippen LogP contribution in [0.5, 0.6) is 5.75 Å². The van der Waals surface area contributed by atoms with Crippen molar-refractivity contribution < 1.29 is 9.47 Å². The van der Waals surface area contributed by atoms with Gasteiger partial charge in [-0.25, -0.2) is 0 Å². The van der Waals surface area contributed by atoms with Crippen LogP contribution in [-0.4, -0.2) is 13.7 Å². The second-order valence-electron chi connectivity index (χ2n) is 8.85. The molecule has 0 aromatic heterocycles. The summed E-state index contributed by atoms with van der Waals surface area (Å²) in [7, 11) is 1.68. The minimum Gasteiger partial charge on any atom is -0.497 e. The van der Waals surface area contributed by atoms with Crippen LogP contribution >= 0.6 is 0 Å². The molecule has 0 spiro atoms. The van der Waals surface area contributed by atoms with Crippen molar-refractivity contribution in [2.45, 2.75) is 60.5 Å². The van der Waals surface area contributed by atoms with E-state index in [9.17, 15) is 0 Å². The first kappa shape index (κ1) is 24.0. The molecule has 2 nitrogen and oxygen atoms in total. The quantitative estimate of drug-likeness (QED) is 0.308. The lowest BCUT2D eigenvalue weighted by molar-refractivity contribution is 0.148. The standard InChI is InChI=1S/C28H38O2/c1-22(15-16-27-24(3)12-9-18-28(27,4)5)10-7-11-23(2)17-19-30-21-25-13-8-14-26(20-25)29-6/h7-8,10-11,13-17,20H,9,12,18-19,21H2,1-6H3. The molecule has 2 heteroatoms. The SMILES string of the molecule is COc1cccc(COCC=C(C)C=CC=C(C)C=CC2=C(C)CCCC2(C)C)c1. The van der Waals surface area contributed by atoms with E-state index in [0.717, 1.165) is 11.3 Å². The molecule has 1 aliphatic carbocycles. The van der Waals surface area contributed by atoms with Crippen molar-refractivity contribution in [3.63, 3.8) is 0 Å². The summed E-state index contributed by atoms with van der Waals surface area (Å²) in [6.45, 7) is 12.4. The Balaban J connectivity index is 1.83. The number of hydrogen-bond donors (Lipinski definition) is 0. The monoisotopic (exact) mass is 406 g/mol. The maximum Gasteiger partial charge on any atom is 0.119 e. The summed E-state index contributed by atoms with van der Waals surface area (Å²) < 4.78 is 11.0. The van der Waals surface area contributed by atoms with Crippen molar-refractivity contribution >= 4 is 0 Å². The molecule has 0 saturated heterocycles. The molecule has 0 atom stereocenters. The molecule has 0 bridgehead atoms. The Hall–Kier alpha value is -2.32. The Labute approximate surface area is 183 Å². The van der Waals surface area contributed by atoms with Crippen LogP contribution in [0.1, 0.15) is 59.4 Å². The third kappa shape index (κ3) is 7.84. The Morgan fingerprint density at radius 2 is 1.93 bits per heavy atom. The number of methoxy groups -OCH3 is 1. The van der Waals surface area contributed by atoms with E-state index in [2.05, 4.69) is 71.1 Å². The van der Waals surface area contributed by atoms with Crippen molar-refractivity contribution in [3.8, 4) is 5.75 Å². The minimum atomic E-state index is 0.291. The van der Waals surface area contributed by atoms with Crippen LogP contribution in [0.2, 0.25) is 0 Å². The highest BCUT2D eigenvalue weighted by atomic mass is 16.5. The van der Waals surface area contributed by atoms with E-state index in [1.54, 1.807) is 12.7 Å². The normalized spacial score (nSPS) is 17.9.